The van der Waals surface area contributed by atoms with E-state index in [1.54, 1.807) is 12.1 Å². The van der Waals surface area contributed by atoms with Crippen LogP contribution in [0.15, 0.2) is 47.4 Å². The van der Waals surface area contributed by atoms with E-state index < -0.39 is 10.0 Å². The normalized spacial score (nSPS) is 13.8. The van der Waals surface area contributed by atoms with Crippen molar-refractivity contribution in [2.24, 2.45) is 0 Å². The lowest BCUT2D eigenvalue weighted by Gasteiger charge is -2.10. The van der Waals surface area contributed by atoms with Crippen molar-refractivity contribution in [3.8, 4) is 0 Å². The van der Waals surface area contributed by atoms with Gasteiger partial charge in [0.15, 0.2) is 0 Å². The summed E-state index contributed by atoms with van der Waals surface area (Å²) in [5.41, 5.74) is 4.16. The van der Waals surface area contributed by atoms with Gasteiger partial charge in [-0.25, -0.2) is 13.1 Å². The lowest BCUT2D eigenvalue weighted by molar-refractivity contribution is 0.581. The van der Waals surface area contributed by atoms with Gasteiger partial charge in [-0.15, -0.1) is 0 Å². The van der Waals surface area contributed by atoms with Gasteiger partial charge in [0.05, 0.1) is 4.90 Å². The Kier molecular flexibility index (Phi) is 3.69. The van der Waals surface area contributed by atoms with Gasteiger partial charge in [0.1, 0.15) is 0 Å². The average molecular weight is 302 g/mol. The highest BCUT2D eigenvalue weighted by Gasteiger charge is 2.18. The van der Waals surface area contributed by atoms with Crippen molar-refractivity contribution in [1.82, 2.24) is 4.72 Å². The van der Waals surface area contributed by atoms with E-state index in [4.69, 9.17) is 0 Å². The van der Waals surface area contributed by atoms with Crippen LogP contribution in [-0.4, -0.2) is 15.0 Å². The van der Waals surface area contributed by atoms with E-state index in [1.807, 2.05) is 37.3 Å². The molecule has 21 heavy (non-hydrogen) atoms. The van der Waals surface area contributed by atoms with E-state index in [2.05, 4.69) is 10.0 Å². The largest absolute Gasteiger partial charge is 0.384 e. The van der Waals surface area contributed by atoms with Gasteiger partial charge >= 0.3 is 0 Å². The molecule has 1 heterocycles. The molecular formula is C16H18N2O2S. The maximum Gasteiger partial charge on any atom is 0.240 e. The number of rotatable bonds is 4. The lowest BCUT2D eigenvalue weighted by Crippen LogP contribution is -2.23. The van der Waals surface area contributed by atoms with Crippen LogP contribution in [0.1, 0.15) is 16.7 Å². The van der Waals surface area contributed by atoms with Crippen LogP contribution < -0.4 is 10.0 Å². The fourth-order valence-electron chi connectivity index (χ4n) is 2.50. The molecule has 1 aliphatic heterocycles. The molecule has 0 radical (unpaired) electrons. The third-order valence-electron chi connectivity index (χ3n) is 3.82. The van der Waals surface area contributed by atoms with E-state index in [1.165, 1.54) is 5.56 Å². The molecule has 0 saturated heterocycles. The summed E-state index contributed by atoms with van der Waals surface area (Å²) in [5, 5.41) is 3.20. The zero-order valence-corrected chi connectivity index (χ0v) is 12.7. The quantitative estimate of drug-likeness (QED) is 0.912. The second-order valence-electron chi connectivity index (χ2n) is 5.25. The molecule has 0 saturated carbocycles. The van der Waals surface area contributed by atoms with Crippen LogP contribution in [0.25, 0.3) is 0 Å². The highest BCUT2D eigenvalue weighted by Crippen LogP contribution is 2.25. The molecule has 0 bridgehead atoms. The number of hydrogen-bond acceptors (Lipinski definition) is 3. The van der Waals surface area contributed by atoms with Crippen LogP contribution in [0.5, 0.6) is 0 Å². The predicted molar refractivity (Wildman–Crippen MR) is 83.8 cm³/mol. The minimum absolute atomic E-state index is 0.305. The fraction of sp³-hybridized carbons (Fsp3) is 0.250. The Balaban J connectivity index is 1.80. The Morgan fingerprint density at radius 2 is 2.00 bits per heavy atom. The number of sulfonamides is 1. The molecule has 0 amide bonds. The molecule has 0 fully saturated rings. The second kappa shape index (κ2) is 5.50. The molecule has 3 rings (SSSR count). The van der Waals surface area contributed by atoms with Gasteiger partial charge in [0.2, 0.25) is 10.0 Å². The van der Waals surface area contributed by atoms with Crippen molar-refractivity contribution in [3.05, 3.63) is 59.2 Å². The highest BCUT2D eigenvalue weighted by molar-refractivity contribution is 7.89. The van der Waals surface area contributed by atoms with Gasteiger partial charge in [-0.05, 0) is 42.2 Å². The maximum atomic E-state index is 12.4. The van der Waals surface area contributed by atoms with Gasteiger partial charge in [0, 0.05) is 18.8 Å². The van der Waals surface area contributed by atoms with E-state index >= 15 is 0 Å². The standard InChI is InChI=1S/C16H18N2O2S/c1-12-4-2-3-5-14(12)11-18-21(19,20)15-7-6-13-8-9-17-16(13)10-15/h2-7,10,17-18H,8-9,11H2,1H3. The zero-order valence-electron chi connectivity index (χ0n) is 11.9. The Morgan fingerprint density at radius 1 is 1.19 bits per heavy atom. The van der Waals surface area contributed by atoms with E-state index in [9.17, 15) is 8.42 Å². The number of hydrogen-bond donors (Lipinski definition) is 2. The molecule has 4 nitrogen and oxygen atoms in total. The van der Waals surface area contributed by atoms with Crippen molar-refractivity contribution in [1.29, 1.82) is 0 Å². The van der Waals surface area contributed by atoms with E-state index in [0.29, 0.717) is 11.4 Å². The lowest BCUT2D eigenvalue weighted by atomic mass is 10.1. The van der Waals surface area contributed by atoms with Crippen molar-refractivity contribution < 1.29 is 8.42 Å². The van der Waals surface area contributed by atoms with Gasteiger partial charge in [-0.3, -0.25) is 0 Å². The van der Waals surface area contributed by atoms with Crippen molar-refractivity contribution >= 4 is 15.7 Å². The first-order chi connectivity index (χ1) is 10.1. The molecule has 0 atom stereocenters. The molecule has 2 N–H and O–H groups in total. The van der Waals surface area contributed by atoms with Gasteiger partial charge in [-0.2, -0.15) is 0 Å². The molecule has 0 aromatic heterocycles. The minimum Gasteiger partial charge on any atom is -0.384 e. The number of anilines is 1. The Morgan fingerprint density at radius 3 is 2.81 bits per heavy atom. The van der Waals surface area contributed by atoms with Crippen LogP contribution in [0, 0.1) is 6.92 Å². The summed E-state index contributed by atoms with van der Waals surface area (Å²) in [7, 11) is -3.49. The van der Waals surface area contributed by atoms with Crippen LogP contribution in [-0.2, 0) is 23.0 Å². The molecular weight excluding hydrogens is 284 g/mol. The topological polar surface area (TPSA) is 58.2 Å². The van der Waals surface area contributed by atoms with Gasteiger partial charge in [0.25, 0.3) is 0 Å². The predicted octanol–water partition coefficient (Wildman–Crippen LogP) is 2.44. The van der Waals surface area contributed by atoms with Gasteiger partial charge < -0.3 is 5.32 Å². The Hall–Kier alpha value is -1.85. The van der Waals surface area contributed by atoms with E-state index in [-0.39, 0.29) is 0 Å². The molecule has 0 unspecified atom stereocenters. The summed E-state index contributed by atoms with van der Waals surface area (Å²) >= 11 is 0. The van der Waals surface area contributed by atoms with Crippen molar-refractivity contribution in [2.75, 3.05) is 11.9 Å². The first-order valence-corrected chi connectivity index (χ1v) is 8.45. The first-order valence-electron chi connectivity index (χ1n) is 6.97. The summed E-state index contributed by atoms with van der Waals surface area (Å²) < 4.78 is 27.4. The molecule has 0 spiro atoms. The third-order valence-corrected chi connectivity index (χ3v) is 5.21. The third kappa shape index (κ3) is 2.94. The zero-order chi connectivity index (χ0) is 14.9. The minimum atomic E-state index is -3.49. The van der Waals surface area contributed by atoms with Crippen molar-refractivity contribution in [3.63, 3.8) is 0 Å². The highest BCUT2D eigenvalue weighted by atomic mass is 32.2. The maximum absolute atomic E-state index is 12.4. The summed E-state index contributed by atoms with van der Waals surface area (Å²) in [5.74, 6) is 0. The monoisotopic (exact) mass is 302 g/mol. The van der Waals surface area contributed by atoms with Gasteiger partial charge in [-0.1, -0.05) is 30.3 Å². The van der Waals surface area contributed by atoms with Crippen molar-refractivity contribution in [2.45, 2.75) is 24.8 Å². The fourth-order valence-corrected chi connectivity index (χ4v) is 3.53. The summed E-state index contributed by atoms with van der Waals surface area (Å²) in [6, 6.07) is 13.0. The number of fused-ring (bicyclic) bond motifs is 1. The summed E-state index contributed by atoms with van der Waals surface area (Å²) in [6.45, 7) is 3.15. The van der Waals surface area contributed by atoms with Crippen LogP contribution in [0.3, 0.4) is 0 Å². The molecule has 2 aromatic rings. The molecule has 110 valence electrons. The number of benzene rings is 2. The summed E-state index contributed by atoms with van der Waals surface area (Å²) in [4.78, 5) is 0.309. The van der Waals surface area contributed by atoms with Crippen LogP contribution in [0.2, 0.25) is 0 Å². The smallest absolute Gasteiger partial charge is 0.240 e. The van der Waals surface area contributed by atoms with E-state index in [0.717, 1.165) is 29.8 Å². The molecule has 2 aromatic carbocycles. The number of aryl methyl sites for hydroxylation is 1. The first kappa shape index (κ1) is 14.1. The van der Waals surface area contributed by atoms with Crippen LogP contribution >= 0.6 is 0 Å². The number of nitrogens with one attached hydrogen (secondary N) is 2. The summed E-state index contributed by atoms with van der Waals surface area (Å²) in [6.07, 6.45) is 0.951. The molecule has 1 aliphatic rings. The Labute approximate surface area is 125 Å². The molecule has 5 heteroatoms. The second-order valence-corrected chi connectivity index (χ2v) is 7.01. The molecule has 0 aliphatic carbocycles. The average Bonchev–Trinajstić information content (AvgIpc) is 2.94. The SMILES string of the molecule is Cc1ccccc1CNS(=O)(=O)c1ccc2c(c1)NCC2. The van der Waals surface area contributed by atoms with Crippen LogP contribution in [0.4, 0.5) is 5.69 Å². The Bertz CT molecular complexity index is 770.